The number of hydrogen-bond acceptors (Lipinski definition) is 6. The zero-order valence-electron chi connectivity index (χ0n) is 18.7. The number of fused-ring (bicyclic) bond motifs is 7. The lowest BCUT2D eigenvalue weighted by atomic mass is 9.88. The molecule has 1 amide bonds. The van der Waals surface area contributed by atoms with Gasteiger partial charge in [0.25, 0.3) is 5.91 Å². The van der Waals surface area contributed by atoms with Crippen LogP contribution in [0.15, 0.2) is 42.5 Å². The number of aliphatic hydroxyl groups is 1. The summed E-state index contributed by atoms with van der Waals surface area (Å²) in [6.07, 6.45) is -0.239. The number of carbonyl (C=O) groups excluding carboxylic acids is 1. The van der Waals surface area contributed by atoms with E-state index < -0.39 is 11.7 Å². The van der Waals surface area contributed by atoms with E-state index in [4.69, 9.17) is 19.4 Å². The molecule has 4 aromatic rings. The summed E-state index contributed by atoms with van der Waals surface area (Å²) in [6, 6.07) is 13.5. The number of rotatable bonds is 1. The predicted molar refractivity (Wildman–Crippen MR) is 126 cm³/mol. The number of aliphatic hydroxyl groups excluding tert-OH is 1. The monoisotopic (exact) mass is 443 g/mol. The molecule has 33 heavy (non-hydrogen) atoms. The summed E-state index contributed by atoms with van der Waals surface area (Å²) in [7, 11) is 0. The standard InChI is InChI=1S/C26H25N3O4/c1-26(2)21(30)14-18-23-22(16-5-3-4-6-17(16)24(18)33-26)27-19-8-7-15(13-20(19)28-23)25(31)29-9-11-32-12-10-29/h3-8,13,21,30H,9-12,14H2,1-2H3. The second kappa shape index (κ2) is 7.37. The molecule has 0 saturated carbocycles. The topological polar surface area (TPSA) is 84.8 Å². The Balaban J connectivity index is 1.57. The molecule has 3 aromatic carbocycles. The molecule has 1 unspecified atom stereocenters. The maximum atomic E-state index is 13.0. The Bertz CT molecular complexity index is 1430. The fourth-order valence-electron chi connectivity index (χ4n) is 4.77. The highest BCUT2D eigenvalue weighted by atomic mass is 16.5. The van der Waals surface area contributed by atoms with Gasteiger partial charge in [0, 0.05) is 41.4 Å². The SMILES string of the molecule is CC1(C)Oc2c(c3nc4cc(C(=O)N5CCOCC5)ccc4nc3c3ccccc23)CC1O. The minimum absolute atomic E-state index is 0.0249. The van der Waals surface area contributed by atoms with Crippen LogP contribution < -0.4 is 4.74 Å². The van der Waals surface area contributed by atoms with Crippen LogP contribution in [0.5, 0.6) is 5.75 Å². The average Bonchev–Trinajstić information content (AvgIpc) is 2.84. The molecule has 1 aromatic heterocycles. The van der Waals surface area contributed by atoms with Crippen LogP contribution in [-0.4, -0.2) is 63.9 Å². The third-order valence-electron chi connectivity index (χ3n) is 6.76. The number of morpholine rings is 1. The average molecular weight is 444 g/mol. The van der Waals surface area contributed by atoms with Crippen LogP contribution in [0, 0.1) is 0 Å². The maximum absolute atomic E-state index is 13.0. The minimum Gasteiger partial charge on any atom is -0.484 e. The molecule has 168 valence electrons. The molecule has 1 saturated heterocycles. The van der Waals surface area contributed by atoms with E-state index >= 15 is 0 Å². The molecule has 0 bridgehead atoms. The lowest BCUT2D eigenvalue weighted by Crippen LogP contribution is -2.46. The Morgan fingerprint density at radius 2 is 1.76 bits per heavy atom. The van der Waals surface area contributed by atoms with Crippen molar-refractivity contribution in [2.45, 2.75) is 32.0 Å². The third-order valence-corrected chi connectivity index (χ3v) is 6.76. The van der Waals surface area contributed by atoms with E-state index in [1.165, 1.54) is 0 Å². The van der Waals surface area contributed by atoms with E-state index in [0.29, 0.717) is 49.3 Å². The van der Waals surface area contributed by atoms with Gasteiger partial charge < -0.3 is 19.5 Å². The maximum Gasteiger partial charge on any atom is 0.254 e. The van der Waals surface area contributed by atoms with Gasteiger partial charge in [0.05, 0.1) is 41.4 Å². The number of amides is 1. The normalized spacial score (nSPS) is 20.1. The molecule has 0 radical (unpaired) electrons. The number of ether oxygens (including phenoxy) is 2. The summed E-state index contributed by atoms with van der Waals surface area (Å²) in [4.78, 5) is 24.7. The molecule has 0 spiro atoms. The zero-order chi connectivity index (χ0) is 22.7. The summed E-state index contributed by atoms with van der Waals surface area (Å²) in [5, 5.41) is 12.7. The molecule has 1 atom stereocenters. The van der Waals surface area contributed by atoms with Crippen molar-refractivity contribution in [1.29, 1.82) is 0 Å². The van der Waals surface area contributed by atoms with Crippen LogP contribution in [0.3, 0.4) is 0 Å². The molecular weight excluding hydrogens is 418 g/mol. The number of aromatic nitrogens is 2. The van der Waals surface area contributed by atoms with E-state index in [1.54, 1.807) is 4.90 Å². The van der Waals surface area contributed by atoms with Gasteiger partial charge in [-0.2, -0.15) is 0 Å². The van der Waals surface area contributed by atoms with Crippen LogP contribution in [0.1, 0.15) is 29.8 Å². The van der Waals surface area contributed by atoms with Crippen molar-refractivity contribution in [2.75, 3.05) is 26.3 Å². The molecule has 6 rings (SSSR count). The number of benzene rings is 3. The smallest absolute Gasteiger partial charge is 0.254 e. The van der Waals surface area contributed by atoms with Crippen molar-refractivity contribution in [3.63, 3.8) is 0 Å². The van der Waals surface area contributed by atoms with Gasteiger partial charge >= 0.3 is 0 Å². The first-order chi connectivity index (χ1) is 15.9. The van der Waals surface area contributed by atoms with Crippen LogP contribution in [0.2, 0.25) is 0 Å². The molecular formula is C26H25N3O4. The Kier molecular flexibility index (Phi) is 4.54. The summed E-state index contributed by atoms with van der Waals surface area (Å²) in [6.45, 7) is 6.09. The first-order valence-electron chi connectivity index (χ1n) is 11.3. The number of nitrogens with zero attached hydrogens (tertiary/aromatic N) is 3. The highest BCUT2D eigenvalue weighted by Crippen LogP contribution is 2.43. The zero-order valence-corrected chi connectivity index (χ0v) is 18.7. The highest BCUT2D eigenvalue weighted by molar-refractivity contribution is 6.11. The summed E-state index contributed by atoms with van der Waals surface area (Å²) >= 11 is 0. The van der Waals surface area contributed by atoms with Crippen LogP contribution >= 0.6 is 0 Å². The molecule has 7 heteroatoms. The number of hydrogen-bond donors (Lipinski definition) is 1. The van der Waals surface area contributed by atoms with Crippen molar-refractivity contribution in [1.82, 2.24) is 14.9 Å². The van der Waals surface area contributed by atoms with Crippen molar-refractivity contribution >= 4 is 38.7 Å². The highest BCUT2D eigenvalue weighted by Gasteiger charge is 2.38. The van der Waals surface area contributed by atoms with Gasteiger partial charge in [-0.25, -0.2) is 9.97 Å². The molecule has 0 aliphatic carbocycles. The lowest BCUT2D eigenvalue weighted by Gasteiger charge is -2.38. The van der Waals surface area contributed by atoms with E-state index in [-0.39, 0.29) is 5.91 Å². The second-order valence-corrected chi connectivity index (χ2v) is 9.31. The quantitative estimate of drug-likeness (QED) is 0.358. The second-order valence-electron chi connectivity index (χ2n) is 9.31. The molecule has 1 N–H and O–H groups in total. The van der Waals surface area contributed by atoms with Crippen molar-refractivity contribution < 1.29 is 19.4 Å². The van der Waals surface area contributed by atoms with Crippen LogP contribution in [0.4, 0.5) is 0 Å². The summed E-state index contributed by atoms with van der Waals surface area (Å²) < 4.78 is 11.7. The van der Waals surface area contributed by atoms with Gasteiger partial charge in [-0.05, 0) is 32.0 Å². The molecule has 1 fully saturated rings. The van der Waals surface area contributed by atoms with Crippen molar-refractivity contribution in [2.24, 2.45) is 0 Å². The molecule has 2 aliphatic rings. The van der Waals surface area contributed by atoms with Gasteiger partial charge in [0.2, 0.25) is 0 Å². The van der Waals surface area contributed by atoms with Gasteiger partial charge in [-0.1, -0.05) is 24.3 Å². The Morgan fingerprint density at radius 3 is 2.55 bits per heavy atom. The largest absolute Gasteiger partial charge is 0.484 e. The molecule has 7 nitrogen and oxygen atoms in total. The fourth-order valence-corrected chi connectivity index (χ4v) is 4.77. The van der Waals surface area contributed by atoms with Crippen molar-refractivity contribution in [3.8, 4) is 5.75 Å². The molecule has 2 aliphatic heterocycles. The Labute approximate surface area is 190 Å². The van der Waals surface area contributed by atoms with E-state index in [2.05, 4.69) is 0 Å². The van der Waals surface area contributed by atoms with Gasteiger partial charge in [0.15, 0.2) is 0 Å². The Hall–Kier alpha value is -3.29. The fraction of sp³-hybridized carbons (Fsp3) is 0.346. The van der Waals surface area contributed by atoms with E-state index in [9.17, 15) is 9.90 Å². The summed E-state index contributed by atoms with van der Waals surface area (Å²) in [5.74, 6) is 0.728. The minimum atomic E-state index is -0.703. The third kappa shape index (κ3) is 3.22. The van der Waals surface area contributed by atoms with E-state index in [0.717, 1.165) is 33.1 Å². The van der Waals surface area contributed by atoms with Gasteiger partial charge in [-0.3, -0.25) is 4.79 Å². The van der Waals surface area contributed by atoms with Crippen molar-refractivity contribution in [3.05, 3.63) is 53.6 Å². The Morgan fingerprint density at radius 1 is 1.03 bits per heavy atom. The lowest BCUT2D eigenvalue weighted by molar-refractivity contribution is -0.0396. The first-order valence-corrected chi connectivity index (χ1v) is 11.3. The first kappa shape index (κ1) is 20.3. The number of carbonyl (C=O) groups is 1. The van der Waals surface area contributed by atoms with Crippen LogP contribution in [-0.2, 0) is 11.2 Å². The van der Waals surface area contributed by atoms with Gasteiger partial charge in [-0.15, -0.1) is 0 Å². The summed E-state index contributed by atoms with van der Waals surface area (Å²) in [5.41, 5.74) is 3.61. The van der Waals surface area contributed by atoms with Crippen LogP contribution in [0.25, 0.3) is 32.8 Å². The van der Waals surface area contributed by atoms with Gasteiger partial charge in [0.1, 0.15) is 11.4 Å². The molecule has 3 heterocycles. The predicted octanol–water partition coefficient (Wildman–Crippen LogP) is 3.48. The van der Waals surface area contributed by atoms with E-state index in [1.807, 2.05) is 56.3 Å².